The summed E-state index contributed by atoms with van der Waals surface area (Å²) < 4.78 is 27.4. The van der Waals surface area contributed by atoms with E-state index in [1.165, 1.54) is 12.1 Å². The summed E-state index contributed by atoms with van der Waals surface area (Å²) >= 11 is 3.06. The largest absolute Gasteiger partial charge is 0.312 e. The molecule has 0 aromatic heterocycles. The Bertz CT molecular complexity index is 450. The first-order chi connectivity index (χ1) is 8.81. The Morgan fingerprint density at radius 3 is 2.53 bits per heavy atom. The van der Waals surface area contributed by atoms with Gasteiger partial charge in [-0.05, 0) is 68.2 Å². The van der Waals surface area contributed by atoms with E-state index >= 15 is 0 Å². The molecule has 1 rings (SSSR count). The maximum absolute atomic E-state index is 13.7. The summed E-state index contributed by atoms with van der Waals surface area (Å²) in [5.74, 6) is -1.02. The summed E-state index contributed by atoms with van der Waals surface area (Å²) in [5, 5.41) is 3.35. The molecule has 0 bridgehead atoms. The van der Waals surface area contributed by atoms with Crippen LogP contribution in [-0.2, 0) is 6.42 Å². The fourth-order valence-corrected chi connectivity index (χ4v) is 1.98. The van der Waals surface area contributed by atoms with E-state index < -0.39 is 11.6 Å². The molecule has 0 fully saturated rings. The Balaban J connectivity index is 2.47. The van der Waals surface area contributed by atoms with Gasteiger partial charge < -0.3 is 5.32 Å². The first-order valence-corrected chi connectivity index (χ1v) is 7.13. The second-order valence-electron chi connectivity index (χ2n) is 5.46. The molecule has 0 unspecified atom stereocenters. The molecule has 0 aliphatic rings. The van der Waals surface area contributed by atoms with E-state index in [9.17, 15) is 8.78 Å². The van der Waals surface area contributed by atoms with Gasteiger partial charge >= 0.3 is 0 Å². The molecule has 1 aromatic rings. The van der Waals surface area contributed by atoms with Crippen molar-refractivity contribution in [1.29, 1.82) is 0 Å². The quantitative estimate of drug-likeness (QED) is 0.472. The average molecular weight is 332 g/mol. The van der Waals surface area contributed by atoms with Crippen LogP contribution < -0.4 is 5.32 Å². The third-order valence-electron chi connectivity index (χ3n) is 2.59. The van der Waals surface area contributed by atoms with Crippen LogP contribution in [0.4, 0.5) is 8.78 Å². The van der Waals surface area contributed by atoms with Crippen molar-refractivity contribution in [2.75, 3.05) is 6.54 Å². The van der Waals surface area contributed by atoms with Crippen LogP contribution in [-0.4, -0.2) is 12.1 Å². The number of hydrogen-bond donors (Lipinski definition) is 1. The molecular formula is C15H20BrF2N. The number of hydrogen-bond acceptors (Lipinski definition) is 1. The first kappa shape index (κ1) is 16.3. The van der Waals surface area contributed by atoms with E-state index in [0.717, 1.165) is 13.0 Å². The van der Waals surface area contributed by atoms with Crippen molar-refractivity contribution in [3.8, 4) is 0 Å². The van der Waals surface area contributed by atoms with E-state index in [0.29, 0.717) is 4.47 Å². The van der Waals surface area contributed by atoms with Gasteiger partial charge in [-0.15, -0.1) is 0 Å². The molecule has 0 saturated carbocycles. The lowest BCUT2D eigenvalue weighted by atomic mass is 10.1. The second-order valence-corrected chi connectivity index (χ2v) is 6.32. The van der Waals surface area contributed by atoms with Crippen molar-refractivity contribution in [3.63, 3.8) is 0 Å². The van der Waals surface area contributed by atoms with E-state index in [2.05, 4.69) is 42.0 Å². The minimum Gasteiger partial charge on any atom is -0.312 e. The maximum atomic E-state index is 13.7. The second kappa shape index (κ2) is 7.15. The Morgan fingerprint density at radius 2 is 1.89 bits per heavy atom. The zero-order valence-corrected chi connectivity index (χ0v) is 13.2. The molecule has 0 aliphatic carbocycles. The van der Waals surface area contributed by atoms with E-state index in [1.54, 1.807) is 6.08 Å². The normalized spacial score (nSPS) is 12.3. The Hall–Kier alpha value is -0.740. The molecule has 106 valence electrons. The van der Waals surface area contributed by atoms with Crippen LogP contribution in [0.5, 0.6) is 0 Å². The highest BCUT2D eigenvalue weighted by Gasteiger charge is 2.10. The predicted molar refractivity (Wildman–Crippen MR) is 79.3 cm³/mol. The smallest absolute Gasteiger partial charge is 0.143 e. The standard InChI is InChI=1S/C15H20BrF2N/c1-15(2,3)19-10-6-4-5-7-11-13(17)9-8-12(16)14(11)18/h4-5,8-9,19H,6-7,10H2,1-3H3/b5-4+. The number of allylic oxidation sites excluding steroid dienone is 1. The van der Waals surface area contributed by atoms with Crippen LogP contribution in [0.25, 0.3) is 0 Å². The third-order valence-corrected chi connectivity index (χ3v) is 3.21. The van der Waals surface area contributed by atoms with Crippen LogP contribution in [0.3, 0.4) is 0 Å². The third kappa shape index (κ3) is 5.83. The van der Waals surface area contributed by atoms with Gasteiger partial charge in [0.15, 0.2) is 0 Å². The van der Waals surface area contributed by atoms with Crippen LogP contribution >= 0.6 is 15.9 Å². The molecule has 0 spiro atoms. The highest BCUT2D eigenvalue weighted by Crippen LogP contribution is 2.22. The SMILES string of the molecule is CC(C)(C)NCC/C=C/Cc1c(F)ccc(Br)c1F. The summed E-state index contributed by atoms with van der Waals surface area (Å²) in [6, 6.07) is 2.66. The van der Waals surface area contributed by atoms with E-state index in [-0.39, 0.29) is 17.5 Å². The van der Waals surface area contributed by atoms with Crippen molar-refractivity contribution in [1.82, 2.24) is 5.32 Å². The molecule has 0 atom stereocenters. The average Bonchev–Trinajstić information content (AvgIpc) is 2.31. The lowest BCUT2D eigenvalue weighted by molar-refractivity contribution is 0.431. The van der Waals surface area contributed by atoms with Gasteiger partial charge in [0.1, 0.15) is 11.6 Å². The van der Waals surface area contributed by atoms with Gasteiger partial charge in [-0.3, -0.25) is 0 Å². The molecule has 1 nitrogen and oxygen atoms in total. The van der Waals surface area contributed by atoms with Crippen molar-refractivity contribution in [3.05, 3.63) is 46.0 Å². The lowest BCUT2D eigenvalue weighted by Gasteiger charge is -2.19. The highest BCUT2D eigenvalue weighted by atomic mass is 79.9. The predicted octanol–water partition coefficient (Wildman–Crippen LogP) is 4.60. The Labute approximate surface area is 122 Å². The molecule has 1 N–H and O–H groups in total. The maximum Gasteiger partial charge on any atom is 0.143 e. The van der Waals surface area contributed by atoms with E-state index in [4.69, 9.17) is 0 Å². The number of benzene rings is 1. The zero-order chi connectivity index (χ0) is 14.5. The van der Waals surface area contributed by atoms with Crippen LogP contribution in [0.2, 0.25) is 0 Å². The van der Waals surface area contributed by atoms with Gasteiger partial charge in [0.2, 0.25) is 0 Å². The summed E-state index contributed by atoms with van der Waals surface area (Å²) in [6.45, 7) is 7.15. The minimum atomic E-state index is -0.516. The molecule has 0 amide bonds. The first-order valence-electron chi connectivity index (χ1n) is 6.33. The summed E-state index contributed by atoms with van der Waals surface area (Å²) in [6.07, 6.45) is 4.86. The van der Waals surface area contributed by atoms with Crippen LogP contribution in [0, 0.1) is 11.6 Å². The van der Waals surface area contributed by atoms with Crippen molar-refractivity contribution in [2.24, 2.45) is 0 Å². The van der Waals surface area contributed by atoms with Gasteiger partial charge in [-0.1, -0.05) is 12.2 Å². The Kier molecular flexibility index (Phi) is 6.14. The van der Waals surface area contributed by atoms with Crippen LogP contribution in [0.15, 0.2) is 28.8 Å². The fraction of sp³-hybridized carbons (Fsp3) is 0.467. The van der Waals surface area contributed by atoms with Crippen molar-refractivity contribution < 1.29 is 8.78 Å². The molecule has 0 saturated heterocycles. The van der Waals surface area contributed by atoms with Crippen molar-refractivity contribution >= 4 is 15.9 Å². The molecule has 19 heavy (non-hydrogen) atoms. The molecule has 1 aromatic carbocycles. The van der Waals surface area contributed by atoms with E-state index in [1.807, 2.05) is 6.08 Å². The van der Waals surface area contributed by atoms with Gasteiger partial charge in [0, 0.05) is 11.1 Å². The number of nitrogens with one attached hydrogen (secondary N) is 1. The molecular weight excluding hydrogens is 312 g/mol. The monoisotopic (exact) mass is 331 g/mol. The number of halogens is 3. The van der Waals surface area contributed by atoms with Gasteiger partial charge in [-0.25, -0.2) is 8.78 Å². The zero-order valence-electron chi connectivity index (χ0n) is 11.6. The Morgan fingerprint density at radius 1 is 1.21 bits per heavy atom. The molecule has 4 heteroatoms. The van der Waals surface area contributed by atoms with Gasteiger partial charge in [-0.2, -0.15) is 0 Å². The van der Waals surface area contributed by atoms with Crippen molar-refractivity contribution in [2.45, 2.75) is 39.2 Å². The minimum absolute atomic E-state index is 0.0936. The highest BCUT2D eigenvalue weighted by molar-refractivity contribution is 9.10. The summed E-state index contributed by atoms with van der Waals surface area (Å²) in [5.41, 5.74) is 0.200. The topological polar surface area (TPSA) is 12.0 Å². The fourth-order valence-electron chi connectivity index (χ4n) is 1.61. The molecule has 0 heterocycles. The summed E-state index contributed by atoms with van der Waals surface area (Å²) in [4.78, 5) is 0. The van der Waals surface area contributed by atoms with Gasteiger partial charge in [0.25, 0.3) is 0 Å². The lowest BCUT2D eigenvalue weighted by Crippen LogP contribution is -2.36. The summed E-state index contributed by atoms with van der Waals surface area (Å²) in [7, 11) is 0. The molecule has 0 radical (unpaired) electrons. The van der Waals surface area contributed by atoms with Gasteiger partial charge in [0.05, 0.1) is 4.47 Å². The van der Waals surface area contributed by atoms with Crippen LogP contribution in [0.1, 0.15) is 32.8 Å². The number of rotatable bonds is 5. The molecule has 0 aliphatic heterocycles.